The number of hydrogen-bond donors (Lipinski definition) is 1. The zero-order chi connectivity index (χ0) is 24.2. The van der Waals surface area contributed by atoms with Crippen LogP contribution in [0.25, 0.3) is 0 Å². The van der Waals surface area contributed by atoms with Crippen molar-refractivity contribution in [2.75, 3.05) is 11.3 Å². The Hall–Kier alpha value is -2.01. The van der Waals surface area contributed by atoms with Crippen molar-refractivity contribution in [3.63, 3.8) is 0 Å². The number of benzene rings is 2. The minimum atomic E-state index is -3.80. The molecular formula is C28H42NO3S. The van der Waals surface area contributed by atoms with Crippen molar-refractivity contribution in [1.29, 1.82) is 0 Å². The van der Waals surface area contributed by atoms with E-state index in [1.54, 1.807) is 30.3 Å². The van der Waals surface area contributed by atoms with E-state index in [0.717, 1.165) is 31.2 Å². The molecule has 4 nitrogen and oxygen atoms in total. The molecule has 0 fully saturated rings. The minimum Gasteiger partial charge on any atom is -0.492 e. The van der Waals surface area contributed by atoms with Crippen LogP contribution in [0.3, 0.4) is 0 Å². The summed E-state index contributed by atoms with van der Waals surface area (Å²) >= 11 is 0. The molecule has 0 saturated carbocycles. The van der Waals surface area contributed by atoms with Gasteiger partial charge in [0.1, 0.15) is 10.6 Å². The van der Waals surface area contributed by atoms with Crippen molar-refractivity contribution >= 4 is 15.7 Å². The van der Waals surface area contributed by atoms with E-state index in [0.29, 0.717) is 18.0 Å². The first-order valence-electron chi connectivity index (χ1n) is 12.6. The van der Waals surface area contributed by atoms with Gasteiger partial charge in [-0.05, 0) is 54.2 Å². The summed E-state index contributed by atoms with van der Waals surface area (Å²) in [6, 6.07) is 15.4. The second kappa shape index (κ2) is 13.6. The molecule has 2 rings (SSSR count). The molecule has 183 valence electrons. The predicted molar refractivity (Wildman–Crippen MR) is 139 cm³/mol. The van der Waals surface area contributed by atoms with Gasteiger partial charge in [-0.2, -0.15) is 0 Å². The summed E-state index contributed by atoms with van der Waals surface area (Å²) in [6.45, 7) is 9.30. The molecule has 5 heteroatoms. The van der Waals surface area contributed by atoms with E-state index in [1.165, 1.54) is 38.5 Å². The van der Waals surface area contributed by atoms with E-state index in [9.17, 15) is 8.42 Å². The second-order valence-corrected chi connectivity index (χ2v) is 11.2. The van der Waals surface area contributed by atoms with Gasteiger partial charge < -0.3 is 4.74 Å². The Morgan fingerprint density at radius 2 is 1.52 bits per heavy atom. The summed E-state index contributed by atoms with van der Waals surface area (Å²) in [5, 5.41) is 0. The normalized spacial score (nSPS) is 12.0. The zero-order valence-electron chi connectivity index (χ0n) is 21.0. The van der Waals surface area contributed by atoms with Crippen molar-refractivity contribution in [2.45, 2.75) is 102 Å². The summed E-state index contributed by atoms with van der Waals surface area (Å²) in [6.07, 6.45) is 11.4. The Balaban J connectivity index is 2.23. The van der Waals surface area contributed by atoms with Crippen LogP contribution in [0.5, 0.6) is 5.75 Å². The van der Waals surface area contributed by atoms with Gasteiger partial charge in [0.05, 0.1) is 6.61 Å². The maximum absolute atomic E-state index is 13.4. The minimum absolute atomic E-state index is 0.112. The fourth-order valence-electron chi connectivity index (χ4n) is 3.95. The van der Waals surface area contributed by atoms with Crippen LogP contribution >= 0.6 is 0 Å². The van der Waals surface area contributed by atoms with Crippen molar-refractivity contribution in [3.8, 4) is 5.75 Å². The van der Waals surface area contributed by atoms with Crippen LogP contribution in [-0.2, 0) is 15.4 Å². The molecule has 1 N–H and O–H groups in total. The molecule has 0 saturated heterocycles. The molecule has 0 aliphatic rings. The van der Waals surface area contributed by atoms with E-state index < -0.39 is 10.0 Å². The van der Waals surface area contributed by atoms with Crippen molar-refractivity contribution in [2.24, 2.45) is 0 Å². The summed E-state index contributed by atoms with van der Waals surface area (Å²) in [5.74, 6) is 0.423. The molecule has 2 aromatic rings. The van der Waals surface area contributed by atoms with Crippen molar-refractivity contribution < 1.29 is 13.2 Å². The molecule has 0 atom stereocenters. The molecule has 33 heavy (non-hydrogen) atoms. The standard InChI is InChI=1S/C28H42NO3S/c1-5-7-9-10-11-16-22-32-26-20-19-24(28(3,4)21-15-8-6-2)23-27(26)33(30,31)29-25-17-13-12-14-18-25/h13-14,17-20,23,29H,5-11,15-16,21-22H2,1-4H3. The van der Waals surface area contributed by atoms with Crippen LogP contribution in [0, 0.1) is 6.07 Å². The summed E-state index contributed by atoms with van der Waals surface area (Å²) in [7, 11) is -3.80. The lowest BCUT2D eigenvalue weighted by Gasteiger charge is -2.26. The third-order valence-corrected chi connectivity index (χ3v) is 7.55. The van der Waals surface area contributed by atoms with Gasteiger partial charge in [0, 0.05) is 5.69 Å². The van der Waals surface area contributed by atoms with E-state index in [-0.39, 0.29) is 10.3 Å². The summed E-state index contributed by atoms with van der Waals surface area (Å²) in [5.41, 5.74) is 1.43. The molecule has 2 aromatic carbocycles. The molecule has 0 amide bonds. The topological polar surface area (TPSA) is 55.4 Å². The molecular weight excluding hydrogens is 430 g/mol. The molecule has 0 spiro atoms. The highest BCUT2D eigenvalue weighted by atomic mass is 32.2. The Kier molecular flexibility index (Phi) is 11.3. The van der Waals surface area contributed by atoms with Crippen molar-refractivity contribution in [3.05, 3.63) is 54.1 Å². The smallest absolute Gasteiger partial charge is 0.265 e. The lowest BCUT2D eigenvalue weighted by Crippen LogP contribution is -2.20. The maximum Gasteiger partial charge on any atom is 0.265 e. The average Bonchev–Trinajstić information content (AvgIpc) is 2.79. The van der Waals surface area contributed by atoms with Crippen LogP contribution < -0.4 is 9.46 Å². The molecule has 0 aliphatic heterocycles. The van der Waals surface area contributed by atoms with Crippen LogP contribution in [0.2, 0.25) is 0 Å². The first-order valence-corrected chi connectivity index (χ1v) is 14.0. The number of sulfonamides is 1. The highest BCUT2D eigenvalue weighted by Crippen LogP contribution is 2.35. The quantitative estimate of drug-likeness (QED) is 0.253. The molecule has 0 unspecified atom stereocenters. The lowest BCUT2D eigenvalue weighted by molar-refractivity contribution is 0.296. The molecule has 0 aromatic heterocycles. The van der Waals surface area contributed by atoms with Gasteiger partial charge in [0.25, 0.3) is 10.0 Å². The monoisotopic (exact) mass is 472 g/mol. The molecule has 1 radical (unpaired) electrons. The van der Waals surface area contributed by atoms with Gasteiger partial charge >= 0.3 is 0 Å². The van der Waals surface area contributed by atoms with Crippen LogP contribution in [0.15, 0.2) is 47.4 Å². The first-order chi connectivity index (χ1) is 15.8. The van der Waals surface area contributed by atoms with Crippen molar-refractivity contribution in [1.82, 2.24) is 0 Å². The van der Waals surface area contributed by atoms with Gasteiger partial charge in [-0.3, -0.25) is 4.72 Å². The number of hydrogen-bond acceptors (Lipinski definition) is 3. The molecule has 0 bridgehead atoms. The number of anilines is 1. The largest absolute Gasteiger partial charge is 0.492 e. The van der Waals surface area contributed by atoms with Gasteiger partial charge in [-0.15, -0.1) is 0 Å². The Bertz CT molecular complexity index is 923. The highest BCUT2D eigenvalue weighted by Gasteiger charge is 2.26. The van der Waals surface area contributed by atoms with E-state index in [2.05, 4.69) is 38.5 Å². The van der Waals surface area contributed by atoms with E-state index in [4.69, 9.17) is 4.74 Å². The Morgan fingerprint density at radius 1 is 0.879 bits per heavy atom. The fourth-order valence-corrected chi connectivity index (χ4v) is 5.18. The third-order valence-electron chi connectivity index (χ3n) is 6.15. The first kappa shape index (κ1) is 27.2. The number of ether oxygens (including phenoxy) is 1. The van der Waals surface area contributed by atoms with Gasteiger partial charge in [0.15, 0.2) is 0 Å². The summed E-state index contributed by atoms with van der Waals surface area (Å²) in [4.78, 5) is 0.211. The van der Waals surface area contributed by atoms with Gasteiger partial charge in [0.2, 0.25) is 0 Å². The average molecular weight is 473 g/mol. The number of unbranched alkanes of at least 4 members (excludes halogenated alkanes) is 7. The third kappa shape index (κ3) is 9.04. The lowest BCUT2D eigenvalue weighted by atomic mass is 9.80. The Labute approximate surface area is 202 Å². The predicted octanol–water partition coefficient (Wildman–Crippen LogP) is 7.88. The molecule has 0 aliphatic carbocycles. The van der Waals surface area contributed by atoms with Gasteiger partial charge in [-0.1, -0.05) is 97.3 Å². The van der Waals surface area contributed by atoms with Gasteiger partial charge in [-0.25, -0.2) is 8.42 Å². The van der Waals surface area contributed by atoms with Crippen LogP contribution in [-0.4, -0.2) is 15.0 Å². The molecule has 0 heterocycles. The zero-order valence-corrected chi connectivity index (χ0v) is 21.8. The SMILES string of the molecule is CCCCCCCCOc1ccc(C(C)(C)CCCCC)cc1S(=O)(=O)Nc1cc[c]cc1. The summed E-state index contributed by atoms with van der Waals surface area (Å²) < 4.78 is 35.4. The Morgan fingerprint density at radius 3 is 2.21 bits per heavy atom. The number of rotatable bonds is 16. The van der Waals surface area contributed by atoms with Crippen LogP contribution in [0.4, 0.5) is 5.69 Å². The van der Waals surface area contributed by atoms with E-state index in [1.807, 2.05) is 12.1 Å². The van der Waals surface area contributed by atoms with Crippen LogP contribution in [0.1, 0.15) is 97.5 Å². The number of nitrogens with one attached hydrogen (secondary N) is 1. The van der Waals surface area contributed by atoms with E-state index >= 15 is 0 Å². The highest BCUT2D eigenvalue weighted by molar-refractivity contribution is 7.92. The maximum atomic E-state index is 13.4. The fraction of sp³-hybridized carbons (Fsp3) is 0.571. The second-order valence-electron chi connectivity index (χ2n) is 9.51.